The molecule has 3 aromatic rings. The smallest absolute Gasteiger partial charge is 0.125 e. The van der Waals surface area contributed by atoms with Crippen molar-refractivity contribution in [2.24, 2.45) is 0 Å². The second-order valence-electron chi connectivity index (χ2n) is 3.81. The molecule has 1 N–H and O–H groups in total. The molecule has 17 heavy (non-hydrogen) atoms. The molecule has 1 aromatic carbocycles. The van der Waals surface area contributed by atoms with Crippen LogP contribution < -0.4 is 0 Å². The molecule has 0 spiro atoms. The fourth-order valence-electron chi connectivity index (χ4n) is 1.85. The lowest BCUT2D eigenvalue weighted by atomic mass is 10.1. The molecule has 3 nitrogen and oxygen atoms in total. The molecular weight excluding hydrogens is 212 g/mol. The highest BCUT2D eigenvalue weighted by Gasteiger charge is 2.06. The Labute approximate surface area is 98.4 Å². The summed E-state index contributed by atoms with van der Waals surface area (Å²) in [5.41, 5.74) is 1.49. The van der Waals surface area contributed by atoms with Gasteiger partial charge in [0, 0.05) is 29.5 Å². The van der Waals surface area contributed by atoms with Gasteiger partial charge in [-0.25, -0.2) is 0 Å². The lowest BCUT2D eigenvalue weighted by Crippen LogP contribution is -1.84. The number of pyridine rings is 2. The minimum absolute atomic E-state index is 0.238. The maximum absolute atomic E-state index is 10.0. The van der Waals surface area contributed by atoms with Crippen LogP contribution in [0.3, 0.4) is 0 Å². The van der Waals surface area contributed by atoms with Crippen molar-refractivity contribution in [3.63, 3.8) is 0 Å². The van der Waals surface area contributed by atoms with E-state index in [-0.39, 0.29) is 5.75 Å². The van der Waals surface area contributed by atoms with Crippen LogP contribution in [0.4, 0.5) is 0 Å². The Balaban J connectivity index is 2.27. The van der Waals surface area contributed by atoms with Gasteiger partial charge in [0.2, 0.25) is 0 Å². The lowest BCUT2D eigenvalue weighted by Gasteiger charge is -2.05. The number of nitrogens with zero attached hydrogens (tertiary/aromatic N) is 2. The zero-order valence-corrected chi connectivity index (χ0v) is 9.04. The molecule has 2 heterocycles. The number of phenolic OH excluding ortho intramolecular Hbond substituents is 1. The van der Waals surface area contributed by atoms with Crippen molar-refractivity contribution in [3.8, 4) is 17.0 Å². The van der Waals surface area contributed by atoms with Crippen molar-refractivity contribution in [1.82, 2.24) is 9.97 Å². The molecule has 3 heteroatoms. The van der Waals surface area contributed by atoms with Crippen LogP contribution in [0.15, 0.2) is 55.0 Å². The Hall–Kier alpha value is -2.42. The number of hydrogen-bond donors (Lipinski definition) is 1. The van der Waals surface area contributed by atoms with Crippen LogP contribution in [0.2, 0.25) is 0 Å². The fraction of sp³-hybridized carbons (Fsp3) is 0. The van der Waals surface area contributed by atoms with Crippen molar-refractivity contribution >= 4 is 10.8 Å². The summed E-state index contributed by atoms with van der Waals surface area (Å²) in [6.07, 6.45) is 5.20. The van der Waals surface area contributed by atoms with Gasteiger partial charge in [-0.05, 0) is 35.7 Å². The Morgan fingerprint density at radius 1 is 0.941 bits per heavy atom. The highest BCUT2D eigenvalue weighted by atomic mass is 16.3. The van der Waals surface area contributed by atoms with Gasteiger partial charge in [0.1, 0.15) is 5.75 Å². The summed E-state index contributed by atoms with van der Waals surface area (Å²) < 4.78 is 0. The first-order valence-electron chi connectivity index (χ1n) is 5.33. The number of hydrogen-bond acceptors (Lipinski definition) is 3. The predicted octanol–water partition coefficient (Wildman–Crippen LogP) is 3.00. The average molecular weight is 222 g/mol. The Morgan fingerprint density at radius 2 is 1.88 bits per heavy atom. The topological polar surface area (TPSA) is 46.0 Å². The summed E-state index contributed by atoms with van der Waals surface area (Å²) in [6, 6.07) is 11.1. The molecule has 0 aliphatic carbocycles. The van der Waals surface area contributed by atoms with Crippen LogP contribution in [0.1, 0.15) is 0 Å². The summed E-state index contributed by atoms with van der Waals surface area (Å²) in [5, 5.41) is 12.0. The molecule has 0 atom stereocenters. The van der Waals surface area contributed by atoms with Crippen molar-refractivity contribution < 1.29 is 5.11 Å². The van der Waals surface area contributed by atoms with E-state index in [1.807, 2.05) is 30.3 Å². The van der Waals surface area contributed by atoms with Crippen LogP contribution >= 0.6 is 0 Å². The Kier molecular flexibility index (Phi) is 2.22. The summed E-state index contributed by atoms with van der Waals surface area (Å²) >= 11 is 0. The zero-order chi connectivity index (χ0) is 11.7. The third kappa shape index (κ3) is 1.72. The zero-order valence-electron chi connectivity index (χ0n) is 9.04. The van der Waals surface area contributed by atoms with Gasteiger partial charge in [0.25, 0.3) is 0 Å². The minimum Gasteiger partial charge on any atom is -0.507 e. The molecule has 0 bridgehead atoms. The SMILES string of the molecule is Oc1cc2ccncc2cc1-c1ccccn1. The van der Waals surface area contributed by atoms with E-state index in [4.69, 9.17) is 0 Å². The number of rotatable bonds is 1. The third-order valence-electron chi connectivity index (χ3n) is 2.70. The van der Waals surface area contributed by atoms with E-state index >= 15 is 0 Å². The van der Waals surface area contributed by atoms with E-state index in [0.29, 0.717) is 0 Å². The fourth-order valence-corrected chi connectivity index (χ4v) is 1.85. The minimum atomic E-state index is 0.238. The standard InChI is InChI=1S/C14H10N2O/c17-14-8-10-4-6-15-9-11(10)7-12(14)13-3-1-2-5-16-13/h1-9,17H. The molecule has 0 saturated carbocycles. The number of aromatic hydroxyl groups is 1. The van der Waals surface area contributed by atoms with E-state index in [2.05, 4.69) is 9.97 Å². The summed E-state index contributed by atoms with van der Waals surface area (Å²) in [4.78, 5) is 8.31. The van der Waals surface area contributed by atoms with E-state index in [1.54, 1.807) is 24.7 Å². The van der Waals surface area contributed by atoms with E-state index in [9.17, 15) is 5.11 Å². The number of phenols is 1. The van der Waals surface area contributed by atoms with Gasteiger partial charge in [0.05, 0.1) is 5.69 Å². The van der Waals surface area contributed by atoms with Crippen LogP contribution in [0, 0.1) is 0 Å². The maximum Gasteiger partial charge on any atom is 0.125 e. The predicted molar refractivity (Wildman–Crippen MR) is 66.6 cm³/mol. The van der Waals surface area contributed by atoms with Gasteiger partial charge >= 0.3 is 0 Å². The second kappa shape index (κ2) is 3.87. The maximum atomic E-state index is 10.0. The van der Waals surface area contributed by atoms with E-state index < -0.39 is 0 Å². The van der Waals surface area contributed by atoms with Gasteiger partial charge in [-0.15, -0.1) is 0 Å². The van der Waals surface area contributed by atoms with E-state index in [0.717, 1.165) is 22.0 Å². The summed E-state index contributed by atoms with van der Waals surface area (Å²) in [6.45, 7) is 0. The lowest BCUT2D eigenvalue weighted by molar-refractivity contribution is 0.478. The number of fused-ring (bicyclic) bond motifs is 1. The van der Waals surface area contributed by atoms with Gasteiger partial charge < -0.3 is 5.11 Å². The van der Waals surface area contributed by atoms with Crippen molar-refractivity contribution in [3.05, 3.63) is 55.0 Å². The molecule has 0 saturated heterocycles. The third-order valence-corrected chi connectivity index (χ3v) is 2.70. The highest BCUT2D eigenvalue weighted by molar-refractivity contribution is 5.89. The van der Waals surface area contributed by atoms with E-state index in [1.165, 1.54) is 0 Å². The molecule has 3 rings (SSSR count). The van der Waals surface area contributed by atoms with Crippen LogP contribution in [0.25, 0.3) is 22.0 Å². The first-order chi connectivity index (χ1) is 8.34. The molecular formula is C14H10N2O. The molecule has 0 amide bonds. The molecule has 0 fully saturated rings. The quantitative estimate of drug-likeness (QED) is 0.688. The first kappa shape index (κ1) is 9.78. The number of aromatic nitrogens is 2. The van der Waals surface area contributed by atoms with Gasteiger partial charge in [-0.1, -0.05) is 6.07 Å². The van der Waals surface area contributed by atoms with Crippen LogP contribution in [0.5, 0.6) is 5.75 Å². The monoisotopic (exact) mass is 222 g/mol. The normalized spacial score (nSPS) is 10.6. The van der Waals surface area contributed by atoms with Gasteiger partial charge in [-0.3, -0.25) is 9.97 Å². The number of benzene rings is 1. The largest absolute Gasteiger partial charge is 0.507 e. The summed E-state index contributed by atoms with van der Waals surface area (Å²) in [7, 11) is 0. The van der Waals surface area contributed by atoms with Crippen LogP contribution in [-0.2, 0) is 0 Å². The molecule has 0 aliphatic heterocycles. The van der Waals surface area contributed by atoms with Crippen molar-refractivity contribution in [2.75, 3.05) is 0 Å². The second-order valence-corrected chi connectivity index (χ2v) is 3.81. The molecule has 0 unspecified atom stereocenters. The molecule has 0 aliphatic rings. The van der Waals surface area contributed by atoms with Crippen molar-refractivity contribution in [1.29, 1.82) is 0 Å². The Bertz CT molecular complexity index is 665. The van der Waals surface area contributed by atoms with Gasteiger partial charge in [0.15, 0.2) is 0 Å². The average Bonchev–Trinajstić information content (AvgIpc) is 2.39. The Morgan fingerprint density at radius 3 is 2.71 bits per heavy atom. The highest BCUT2D eigenvalue weighted by Crippen LogP contribution is 2.31. The summed E-state index contributed by atoms with van der Waals surface area (Å²) in [5.74, 6) is 0.238. The molecule has 82 valence electrons. The van der Waals surface area contributed by atoms with Gasteiger partial charge in [-0.2, -0.15) is 0 Å². The first-order valence-corrected chi connectivity index (χ1v) is 5.33. The molecule has 2 aromatic heterocycles. The van der Waals surface area contributed by atoms with Crippen molar-refractivity contribution in [2.45, 2.75) is 0 Å². The van der Waals surface area contributed by atoms with Crippen LogP contribution in [-0.4, -0.2) is 15.1 Å². The molecule has 0 radical (unpaired) electrons.